The number of nitrogens with one attached hydrogen (secondary N) is 2. The van der Waals surface area contributed by atoms with Crippen LogP contribution in [0.25, 0.3) is 0 Å². The molecule has 4 amide bonds. The molecule has 32 heavy (non-hydrogen) atoms. The predicted molar refractivity (Wildman–Crippen MR) is 121 cm³/mol. The number of nitrogens with zero attached hydrogens (tertiary/aromatic N) is 3. The minimum atomic E-state index is -0.671. The fourth-order valence-electron chi connectivity index (χ4n) is 4.30. The minimum Gasteiger partial charge on any atom is -0.353 e. The lowest BCUT2D eigenvalue weighted by molar-refractivity contribution is -0.122. The van der Waals surface area contributed by atoms with E-state index in [4.69, 9.17) is 0 Å². The molecule has 2 N–H and O–H groups in total. The number of piperidine rings is 1. The van der Waals surface area contributed by atoms with Crippen LogP contribution in [-0.2, 0) is 16.1 Å². The Kier molecular flexibility index (Phi) is 6.80. The molecule has 4 rings (SSSR count). The molecule has 2 saturated heterocycles. The third-order valence-corrected chi connectivity index (χ3v) is 6.02. The molecule has 0 radical (unpaired) electrons. The third-order valence-electron chi connectivity index (χ3n) is 6.02. The van der Waals surface area contributed by atoms with Crippen molar-refractivity contribution in [2.45, 2.75) is 51.2 Å². The summed E-state index contributed by atoms with van der Waals surface area (Å²) < 4.78 is 0. The number of aromatic nitrogens is 1. The molecule has 168 valence electrons. The van der Waals surface area contributed by atoms with Gasteiger partial charge in [-0.05, 0) is 55.5 Å². The maximum Gasteiger partial charge on any atom is 0.329 e. The van der Waals surface area contributed by atoms with Crippen molar-refractivity contribution in [1.82, 2.24) is 20.5 Å². The summed E-state index contributed by atoms with van der Waals surface area (Å²) in [6, 6.07) is 10.3. The Morgan fingerprint density at radius 3 is 2.72 bits per heavy atom. The quantitative estimate of drug-likeness (QED) is 0.651. The van der Waals surface area contributed by atoms with Crippen molar-refractivity contribution in [2.24, 2.45) is 0 Å². The van der Waals surface area contributed by atoms with E-state index in [9.17, 15) is 14.4 Å². The molecule has 8 heteroatoms. The highest BCUT2D eigenvalue weighted by atomic mass is 16.2. The number of hydrogen-bond acceptors (Lipinski definition) is 5. The molecule has 0 bridgehead atoms. The van der Waals surface area contributed by atoms with E-state index in [-0.39, 0.29) is 24.3 Å². The molecule has 8 nitrogen and oxygen atoms in total. The van der Waals surface area contributed by atoms with E-state index in [1.54, 1.807) is 18.3 Å². The van der Waals surface area contributed by atoms with Gasteiger partial charge < -0.3 is 10.6 Å². The molecule has 0 saturated carbocycles. The van der Waals surface area contributed by atoms with Gasteiger partial charge in [-0.25, -0.2) is 9.69 Å². The molecular weight excluding hydrogens is 406 g/mol. The van der Waals surface area contributed by atoms with Gasteiger partial charge in [0, 0.05) is 44.5 Å². The van der Waals surface area contributed by atoms with Crippen LogP contribution in [0.3, 0.4) is 0 Å². The monoisotopic (exact) mass is 435 g/mol. The SMILES string of the molecule is Cc1cccc(N2C(=O)NC(CCC(=O)NC3CCN(Cc4cccnc4)CC3)C2=O)c1. The summed E-state index contributed by atoms with van der Waals surface area (Å²) >= 11 is 0. The lowest BCUT2D eigenvalue weighted by Crippen LogP contribution is -2.44. The summed E-state index contributed by atoms with van der Waals surface area (Å²) in [5.74, 6) is -0.385. The van der Waals surface area contributed by atoms with Gasteiger partial charge in [-0.3, -0.25) is 19.5 Å². The number of imide groups is 1. The van der Waals surface area contributed by atoms with Crippen LogP contribution in [-0.4, -0.2) is 52.9 Å². The van der Waals surface area contributed by atoms with Crippen LogP contribution in [0.15, 0.2) is 48.8 Å². The third kappa shape index (κ3) is 5.31. The first-order valence-corrected chi connectivity index (χ1v) is 11.1. The second kappa shape index (κ2) is 9.91. The number of aryl methyl sites for hydroxylation is 1. The lowest BCUT2D eigenvalue weighted by Gasteiger charge is -2.32. The molecule has 2 aromatic rings. The smallest absolute Gasteiger partial charge is 0.329 e. The molecular formula is C24H29N5O3. The number of carbonyl (C=O) groups excluding carboxylic acids is 3. The minimum absolute atomic E-state index is 0.0771. The Balaban J connectivity index is 1.21. The van der Waals surface area contributed by atoms with Crippen LogP contribution in [0.5, 0.6) is 0 Å². The van der Waals surface area contributed by atoms with E-state index in [0.29, 0.717) is 12.1 Å². The first-order chi connectivity index (χ1) is 15.5. The topological polar surface area (TPSA) is 94.6 Å². The standard InChI is InChI=1S/C24H29N5O3/c1-17-4-2-6-20(14-17)29-23(31)21(27-24(29)32)7-8-22(30)26-19-9-12-28(13-10-19)16-18-5-3-11-25-15-18/h2-6,11,14-15,19,21H,7-10,12-13,16H2,1H3,(H,26,30)(H,27,32). The zero-order chi connectivity index (χ0) is 22.5. The number of carbonyl (C=O) groups is 3. The van der Waals surface area contributed by atoms with Gasteiger partial charge in [0.15, 0.2) is 0 Å². The number of pyridine rings is 1. The van der Waals surface area contributed by atoms with E-state index in [2.05, 4.69) is 26.6 Å². The first-order valence-electron chi connectivity index (χ1n) is 11.1. The molecule has 1 aromatic heterocycles. The van der Waals surface area contributed by atoms with E-state index >= 15 is 0 Å². The number of anilines is 1. The number of amides is 4. The molecule has 0 spiro atoms. The molecule has 0 aliphatic carbocycles. The largest absolute Gasteiger partial charge is 0.353 e. The van der Waals surface area contributed by atoms with Gasteiger partial charge in [0.05, 0.1) is 5.69 Å². The number of likely N-dealkylation sites (tertiary alicyclic amines) is 1. The summed E-state index contributed by atoms with van der Waals surface area (Å²) in [6.07, 6.45) is 5.94. The molecule has 2 aliphatic heterocycles. The van der Waals surface area contributed by atoms with Crippen LogP contribution >= 0.6 is 0 Å². The number of hydrogen-bond donors (Lipinski definition) is 2. The van der Waals surface area contributed by atoms with Gasteiger partial charge in [-0.15, -0.1) is 0 Å². The highest BCUT2D eigenvalue weighted by Gasteiger charge is 2.39. The Morgan fingerprint density at radius 2 is 2.00 bits per heavy atom. The van der Waals surface area contributed by atoms with Crippen molar-refractivity contribution in [3.05, 3.63) is 59.9 Å². The van der Waals surface area contributed by atoms with Crippen LogP contribution in [0.2, 0.25) is 0 Å². The van der Waals surface area contributed by atoms with Crippen LogP contribution < -0.4 is 15.5 Å². The van der Waals surface area contributed by atoms with E-state index < -0.39 is 12.1 Å². The second-order valence-corrected chi connectivity index (χ2v) is 8.53. The van der Waals surface area contributed by atoms with Gasteiger partial charge in [0.2, 0.25) is 5.91 Å². The fraction of sp³-hybridized carbons (Fsp3) is 0.417. The van der Waals surface area contributed by atoms with Crippen molar-refractivity contribution < 1.29 is 14.4 Å². The van der Waals surface area contributed by atoms with Gasteiger partial charge in [0.1, 0.15) is 6.04 Å². The summed E-state index contributed by atoms with van der Waals surface area (Å²) in [5, 5.41) is 5.79. The zero-order valence-electron chi connectivity index (χ0n) is 18.3. The maximum atomic E-state index is 12.7. The Bertz CT molecular complexity index is 973. The van der Waals surface area contributed by atoms with Gasteiger partial charge in [0.25, 0.3) is 5.91 Å². The average Bonchev–Trinajstić information content (AvgIpc) is 3.07. The first kappa shape index (κ1) is 22.0. The summed E-state index contributed by atoms with van der Waals surface area (Å²) in [5.41, 5.74) is 2.72. The predicted octanol–water partition coefficient (Wildman–Crippen LogP) is 2.38. The van der Waals surface area contributed by atoms with Crippen molar-refractivity contribution in [2.75, 3.05) is 18.0 Å². The summed E-state index contributed by atoms with van der Waals surface area (Å²) in [6.45, 7) is 4.62. The summed E-state index contributed by atoms with van der Waals surface area (Å²) in [7, 11) is 0. The lowest BCUT2D eigenvalue weighted by atomic mass is 10.0. The van der Waals surface area contributed by atoms with E-state index in [1.165, 1.54) is 5.56 Å². The number of urea groups is 1. The van der Waals surface area contributed by atoms with Crippen LogP contribution in [0, 0.1) is 6.92 Å². The second-order valence-electron chi connectivity index (χ2n) is 8.53. The van der Waals surface area contributed by atoms with Gasteiger partial charge in [-0.2, -0.15) is 0 Å². The molecule has 1 atom stereocenters. The average molecular weight is 436 g/mol. The van der Waals surface area contributed by atoms with E-state index in [0.717, 1.165) is 42.9 Å². The Labute approximate surface area is 188 Å². The molecule has 1 aromatic carbocycles. The zero-order valence-corrected chi connectivity index (χ0v) is 18.3. The maximum absolute atomic E-state index is 12.7. The van der Waals surface area contributed by atoms with Gasteiger partial charge in [-0.1, -0.05) is 18.2 Å². The van der Waals surface area contributed by atoms with E-state index in [1.807, 2.05) is 31.3 Å². The van der Waals surface area contributed by atoms with Crippen LogP contribution in [0.4, 0.5) is 10.5 Å². The highest BCUT2D eigenvalue weighted by molar-refractivity contribution is 6.21. The fourth-order valence-corrected chi connectivity index (χ4v) is 4.30. The van der Waals surface area contributed by atoms with Crippen molar-refractivity contribution in [3.8, 4) is 0 Å². The Hall–Kier alpha value is -3.26. The van der Waals surface area contributed by atoms with Crippen LogP contribution in [0.1, 0.15) is 36.8 Å². The van der Waals surface area contributed by atoms with Crippen molar-refractivity contribution in [1.29, 1.82) is 0 Å². The number of benzene rings is 1. The van der Waals surface area contributed by atoms with Crippen molar-refractivity contribution >= 4 is 23.5 Å². The molecule has 2 aliphatic rings. The number of rotatable bonds is 7. The summed E-state index contributed by atoms with van der Waals surface area (Å²) in [4.78, 5) is 45.2. The Morgan fingerprint density at radius 1 is 1.19 bits per heavy atom. The highest BCUT2D eigenvalue weighted by Crippen LogP contribution is 2.22. The normalized spacial score (nSPS) is 19.8. The van der Waals surface area contributed by atoms with Gasteiger partial charge >= 0.3 is 6.03 Å². The molecule has 2 fully saturated rings. The molecule has 1 unspecified atom stereocenters. The molecule has 3 heterocycles. The van der Waals surface area contributed by atoms with Crippen molar-refractivity contribution in [3.63, 3.8) is 0 Å².